The second-order valence-electron chi connectivity index (χ2n) is 14.5. The van der Waals surface area contributed by atoms with Gasteiger partial charge in [-0.25, -0.2) is 0 Å². The lowest BCUT2D eigenvalue weighted by atomic mass is 10.1. The molecule has 0 amide bonds. The molecule has 332 valence electrons. The van der Waals surface area contributed by atoms with Crippen LogP contribution < -0.4 is 0 Å². The van der Waals surface area contributed by atoms with Crippen LogP contribution >= 0.6 is 0 Å². The summed E-state index contributed by atoms with van der Waals surface area (Å²) in [4.78, 5) is 37.8. The standard InChI is InChI=1S/C54H80O6/c1-4-7-10-13-16-19-22-24-25-26-27-28-29-31-32-35-38-41-44-47-53(56)59-50-51(49-58-52(55)46-43-40-37-34-21-18-15-12-9-6-3)60-54(57)48-45-42-39-36-33-30-23-20-17-14-11-8-5-2/h7-8,10-11,13-20,22-33,51H,4-6,9,12,21,34-50H2,1-3H3/b10-7-,11-8-,16-13-,17-14-,18-15-,22-19-,23-20-,25-24-,27-26+,29-28-,32-31-,33-30-. The Morgan fingerprint density at radius 2 is 0.667 bits per heavy atom. The minimum Gasteiger partial charge on any atom is -0.462 e. The maximum atomic E-state index is 12.7. The third-order valence-corrected chi connectivity index (χ3v) is 8.85. The van der Waals surface area contributed by atoms with Crippen LogP contribution in [-0.4, -0.2) is 37.2 Å². The number of hydrogen-bond acceptors (Lipinski definition) is 6. The maximum Gasteiger partial charge on any atom is 0.306 e. The summed E-state index contributed by atoms with van der Waals surface area (Å²) < 4.78 is 16.6. The zero-order valence-electron chi connectivity index (χ0n) is 37.6. The Labute approximate surface area is 366 Å². The van der Waals surface area contributed by atoms with Gasteiger partial charge in [0.1, 0.15) is 13.2 Å². The highest BCUT2D eigenvalue weighted by atomic mass is 16.6. The molecular weight excluding hydrogens is 745 g/mol. The molecule has 0 aliphatic rings. The normalized spacial score (nSPS) is 13.4. The van der Waals surface area contributed by atoms with Crippen LogP contribution in [-0.2, 0) is 28.6 Å². The zero-order chi connectivity index (χ0) is 43.7. The summed E-state index contributed by atoms with van der Waals surface area (Å²) in [6.07, 6.45) is 66.8. The van der Waals surface area contributed by atoms with E-state index in [0.29, 0.717) is 19.3 Å². The van der Waals surface area contributed by atoms with Crippen molar-refractivity contribution in [3.8, 4) is 0 Å². The van der Waals surface area contributed by atoms with Gasteiger partial charge in [-0.05, 0) is 77.0 Å². The number of carbonyl (C=O) groups is 3. The van der Waals surface area contributed by atoms with Crippen molar-refractivity contribution in [1.29, 1.82) is 0 Å². The maximum absolute atomic E-state index is 12.7. The Morgan fingerprint density at radius 1 is 0.350 bits per heavy atom. The number of unbranched alkanes of at least 4 members (excludes halogenated alkanes) is 12. The second-order valence-corrected chi connectivity index (χ2v) is 14.5. The second kappa shape index (κ2) is 47.0. The van der Waals surface area contributed by atoms with Crippen molar-refractivity contribution in [2.24, 2.45) is 0 Å². The molecule has 1 atom stereocenters. The Morgan fingerprint density at radius 3 is 1.07 bits per heavy atom. The van der Waals surface area contributed by atoms with Gasteiger partial charge in [0.15, 0.2) is 6.10 Å². The average Bonchev–Trinajstić information content (AvgIpc) is 3.24. The van der Waals surface area contributed by atoms with Crippen LogP contribution in [0.25, 0.3) is 0 Å². The first-order valence-electron chi connectivity index (χ1n) is 23.0. The molecule has 0 radical (unpaired) electrons. The summed E-state index contributed by atoms with van der Waals surface area (Å²) in [5.41, 5.74) is 0. The largest absolute Gasteiger partial charge is 0.462 e. The molecule has 60 heavy (non-hydrogen) atoms. The predicted octanol–water partition coefficient (Wildman–Crippen LogP) is 14.9. The van der Waals surface area contributed by atoms with E-state index in [4.69, 9.17) is 14.2 Å². The van der Waals surface area contributed by atoms with Crippen LogP contribution in [0.3, 0.4) is 0 Å². The monoisotopic (exact) mass is 825 g/mol. The van der Waals surface area contributed by atoms with Gasteiger partial charge in [0.2, 0.25) is 0 Å². The molecule has 0 rings (SSSR count). The summed E-state index contributed by atoms with van der Waals surface area (Å²) in [7, 11) is 0. The van der Waals surface area contributed by atoms with E-state index in [1.54, 1.807) is 0 Å². The molecular formula is C54H80O6. The molecule has 0 saturated carbocycles. The Kier molecular flexibility index (Phi) is 43.3. The van der Waals surface area contributed by atoms with Crippen molar-refractivity contribution in [3.63, 3.8) is 0 Å². The Bertz CT molecular complexity index is 1410. The summed E-state index contributed by atoms with van der Waals surface area (Å²) in [5, 5.41) is 0. The van der Waals surface area contributed by atoms with Crippen molar-refractivity contribution in [1.82, 2.24) is 0 Å². The van der Waals surface area contributed by atoms with E-state index >= 15 is 0 Å². The van der Waals surface area contributed by atoms with Gasteiger partial charge in [0.25, 0.3) is 0 Å². The van der Waals surface area contributed by atoms with Crippen LogP contribution in [0.2, 0.25) is 0 Å². The molecule has 0 saturated heterocycles. The van der Waals surface area contributed by atoms with E-state index in [-0.39, 0.29) is 44.0 Å². The lowest BCUT2D eigenvalue weighted by molar-refractivity contribution is -0.167. The number of ether oxygens (including phenoxy) is 3. The third-order valence-electron chi connectivity index (χ3n) is 8.85. The fourth-order valence-electron chi connectivity index (χ4n) is 5.41. The Hall–Kier alpha value is -4.71. The molecule has 6 heteroatoms. The molecule has 0 aromatic rings. The van der Waals surface area contributed by atoms with Crippen molar-refractivity contribution >= 4 is 17.9 Å². The number of carbonyl (C=O) groups excluding carboxylic acids is 3. The number of rotatable bonds is 38. The van der Waals surface area contributed by atoms with Gasteiger partial charge in [-0.2, -0.15) is 0 Å². The summed E-state index contributed by atoms with van der Waals surface area (Å²) in [6, 6.07) is 0. The van der Waals surface area contributed by atoms with Gasteiger partial charge in [0, 0.05) is 19.3 Å². The first-order valence-corrected chi connectivity index (χ1v) is 23.0. The molecule has 0 aromatic heterocycles. The SMILES string of the molecule is CC\C=C/C=C\C=C/C=C\C=C\C=C/C=C\CCCCCC(=O)OCC(COC(=O)CCCCCC/C=C\CCCC)OC(=O)CCCCC\C=C/C=C\C=C/C=C\CC. The third kappa shape index (κ3) is 44.4. The minimum atomic E-state index is -0.826. The van der Waals surface area contributed by atoms with Crippen molar-refractivity contribution in [2.75, 3.05) is 13.2 Å². The van der Waals surface area contributed by atoms with Crippen LogP contribution in [0.5, 0.6) is 0 Å². The molecule has 1 unspecified atom stereocenters. The van der Waals surface area contributed by atoms with Crippen LogP contribution in [0.4, 0.5) is 0 Å². The van der Waals surface area contributed by atoms with Gasteiger partial charge >= 0.3 is 17.9 Å². The zero-order valence-corrected chi connectivity index (χ0v) is 37.6. The van der Waals surface area contributed by atoms with E-state index < -0.39 is 6.10 Å². The van der Waals surface area contributed by atoms with E-state index in [2.05, 4.69) is 57.2 Å². The highest BCUT2D eigenvalue weighted by Crippen LogP contribution is 2.11. The molecule has 6 nitrogen and oxygen atoms in total. The van der Waals surface area contributed by atoms with Gasteiger partial charge < -0.3 is 14.2 Å². The highest BCUT2D eigenvalue weighted by molar-refractivity contribution is 5.71. The summed E-state index contributed by atoms with van der Waals surface area (Å²) in [6.45, 7) is 6.17. The van der Waals surface area contributed by atoms with Gasteiger partial charge in [0.05, 0.1) is 0 Å². The highest BCUT2D eigenvalue weighted by Gasteiger charge is 2.19. The van der Waals surface area contributed by atoms with Crippen molar-refractivity contribution in [3.05, 3.63) is 146 Å². The minimum absolute atomic E-state index is 0.122. The molecule has 0 aromatic carbocycles. The Balaban J connectivity index is 4.58. The van der Waals surface area contributed by atoms with Gasteiger partial charge in [-0.1, -0.05) is 205 Å². The summed E-state index contributed by atoms with van der Waals surface area (Å²) in [5.74, 6) is -1.04. The molecule has 0 fully saturated rings. The average molecular weight is 825 g/mol. The molecule has 0 spiro atoms. The lowest BCUT2D eigenvalue weighted by Crippen LogP contribution is -2.30. The lowest BCUT2D eigenvalue weighted by Gasteiger charge is -2.18. The quantitative estimate of drug-likeness (QED) is 0.0203. The fourth-order valence-corrected chi connectivity index (χ4v) is 5.41. The van der Waals surface area contributed by atoms with Gasteiger partial charge in [-0.3, -0.25) is 14.4 Å². The number of allylic oxidation sites excluding steroid dienone is 24. The molecule has 0 bridgehead atoms. The van der Waals surface area contributed by atoms with Crippen LogP contribution in [0.15, 0.2) is 146 Å². The smallest absolute Gasteiger partial charge is 0.306 e. The molecule has 0 N–H and O–H groups in total. The number of hydrogen-bond donors (Lipinski definition) is 0. The fraction of sp³-hybridized carbons (Fsp3) is 0.500. The number of esters is 3. The first kappa shape index (κ1) is 55.3. The molecule has 0 heterocycles. The van der Waals surface area contributed by atoms with Gasteiger partial charge in [-0.15, -0.1) is 0 Å². The first-order chi connectivity index (χ1) is 29.5. The van der Waals surface area contributed by atoms with Crippen molar-refractivity contribution in [2.45, 2.75) is 162 Å². The topological polar surface area (TPSA) is 78.9 Å². The molecule has 0 aliphatic carbocycles. The predicted molar refractivity (Wildman–Crippen MR) is 255 cm³/mol. The van der Waals surface area contributed by atoms with Crippen LogP contribution in [0, 0.1) is 0 Å². The molecule has 0 aliphatic heterocycles. The van der Waals surface area contributed by atoms with E-state index in [9.17, 15) is 14.4 Å². The van der Waals surface area contributed by atoms with E-state index in [1.807, 2.05) is 109 Å². The van der Waals surface area contributed by atoms with E-state index in [0.717, 1.165) is 89.9 Å². The van der Waals surface area contributed by atoms with E-state index in [1.165, 1.54) is 12.8 Å². The summed E-state index contributed by atoms with van der Waals surface area (Å²) >= 11 is 0. The van der Waals surface area contributed by atoms with Crippen LogP contribution in [0.1, 0.15) is 156 Å². The van der Waals surface area contributed by atoms with Crippen molar-refractivity contribution < 1.29 is 28.6 Å².